The summed E-state index contributed by atoms with van der Waals surface area (Å²) in [5.74, 6) is 0.760. The molecular formula is C5H7N5S. The highest BCUT2D eigenvalue weighted by molar-refractivity contribution is 7.80. The molecule has 0 spiro atoms. The molecule has 11 heavy (non-hydrogen) atoms. The van der Waals surface area contributed by atoms with Crippen molar-refractivity contribution in [2.45, 2.75) is 6.54 Å². The number of rotatable bonds is 0. The van der Waals surface area contributed by atoms with Gasteiger partial charge in [0.2, 0.25) is 0 Å². The fourth-order valence-corrected chi connectivity index (χ4v) is 1.16. The van der Waals surface area contributed by atoms with E-state index in [0.29, 0.717) is 11.7 Å². The lowest BCUT2D eigenvalue weighted by molar-refractivity contribution is 0.666. The lowest BCUT2D eigenvalue weighted by Gasteiger charge is -2.15. The van der Waals surface area contributed by atoms with E-state index in [-0.39, 0.29) is 0 Å². The molecule has 0 fully saturated rings. The van der Waals surface area contributed by atoms with E-state index in [4.69, 9.17) is 12.2 Å². The summed E-state index contributed by atoms with van der Waals surface area (Å²) in [4.78, 5) is 0. The molecule has 0 atom stereocenters. The molecular weight excluding hydrogens is 162 g/mol. The van der Waals surface area contributed by atoms with E-state index < -0.39 is 0 Å². The van der Waals surface area contributed by atoms with Crippen molar-refractivity contribution < 1.29 is 0 Å². The molecule has 6 heteroatoms. The molecule has 1 aliphatic rings. The fraction of sp³-hybridized carbons (Fsp3) is 0.400. The second-order valence-electron chi connectivity index (χ2n) is 2.32. The minimum Gasteiger partial charge on any atom is -0.357 e. The Hall–Kier alpha value is -1.17. The molecule has 0 unspecified atom stereocenters. The third kappa shape index (κ3) is 0.949. The van der Waals surface area contributed by atoms with Gasteiger partial charge in [-0.1, -0.05) is 5.21 Å². The molecule has 0 saturated heterocycles. The first-order valence-corrected chi connectivity index (χ1v) is 3.61. The summed E-state index contributed by atoms with van der Waals surface area (Å²) in [7, 11) is 1.85. The van der Waals surface area contributed by atoms with Gasteiger partial charge in [0.05, 0.1) is 6.54 Å². The van der Waals surface area contributed by atoms with Crippen molar-refractivity contribution in [3.8, 4) is 0 Å². The third-order valence-electron chi connectivity index (χ3n) is 1.59. The number of fused-ring (bicyclic) bond motifs is 1. The Morgan fingerprint density at radius 3 is 3.27 bits per heavy atom. The highest BCUT2D eigenvalue weighted by Gasteiger charge is 2.16. The molecule has 5 nitrogen and oxygen atoms in total. The van der Waals surface area contributed by atoms with E-state index in [1.165, 1.54) is 0 Å². The van der Waals surface area contributed by atoms with E-state index in [9.17, 15) is 0 Å². The molecule has 1 aromatic heterocycles. The maximum Gasteiger partial charge on any atom is 0.179 e. The average Bonchev–Trinajstić information content (AvgIpc) is 2.32. The maximum atomic E-state index is 4.89. The zero-order chi connectivity index (χ0) is 7.84. The predicted octanol–water partition coefficient (Wildman–Crippen LogP) is -0.385. The Morgan fingerprint density at radius 1 is 1.64 bits per heavy atom. The number of thiocarbonyl (C=S) groups is 1. The molecule has 2 rings (SSSR count). The smallest absolute Gasteiger partial charge is 0.179 e. The van der Waals surface area contributed by atoms with Gasteiger partial charge in [0, 0.05) is 7.05 Å². The van der Waals surface area contributed by atoms with E-state index in [1.807, 2.05) is 7.05 Å². The van der Waals surface area contributed by atoms with Crippen LogP contribution in [0.1, 0.15) is 5.69 Å². The van der Waals surface area contributed by atoms with Gasteiger partial charge in [-0.3, -0.25) is 0 Å². The van der Waals surface area contributed by atoms with Gasteiger partial charge in [0.1, 0.15) is 5.69 Å². The van der Waals surface area contributed by atoms with E-state index in [2.05, 4.69) is 20.9 Å². The van der Waals surface area contributed by atoms with Crippen molar-refractivity contribution in [2.75, 3.05) is 5.32 Å². The minimum atomic E-state index is 0.609. The monoisotopic (exact) mass is 169 g/mol. The Labute approximate surface area is 68.8 Å². The molecule has 1 aliphatic heterocycles. The number of hydrogen-bond acceptors (Lipinski definition) is 3. The van der Waals surface area contributed by atoms with E-state index >= 15 is 0 Å². The lowest BCUT2D eigenvalue weighted by Crippen LogP contribution is -2.33. The Kier molecular flexibility index (Phi) is 1.28. The molecule has 0 aliphatic carbocycles. The summed E-state index contributed by atoms with van der Waals surface area (Å²) in [6, 6.07) is 0. The zero-order valence-corrected chi connectivity index (χ0v) is 6.77. The van der Waals surface area contributed by atoms with Gasteiger partial charge >= 0.3 is 0 Å². The van der Waals surface area contributed by atoms with Crippen LogP contribution in [0.4, 0.5) is 5.82 Å². The first kappa shape index (κ1) is 6.53. The first-order chi connectivity index (χ1) is 5.27. The van der Waals surface area contributed by atoms with Crippen molar-refractivity contribution in [3.05, 3.63) is 5.69 Å². The number of nitrogens with zero attached hydrogens (tertiary/aromatic N) is 3. The van der Waals surface area contributed by atoms with Gasteiger partial charge in [0.15, 0.2) is 10.9 Å². The maximum absolute atomic E-state index is 4.89. The second kappa shape index (κ2) is 2.16. The quantitative estimate of drug-likeness (QED) is 0.518. The number of anilines is 1. The average molecular weight is 169 g/mol. The van der Waals surface area contributed by atoms with Crippen LogP contribution in [-0.4, -0.2) is 20.1 Å². The highest BCUT2D eigenvalue weighted by Crippen LogP contribution is 2.12. The van der Waals surface area contributed by atoms with Crippen molar-refractivity contribution in [2.24, 2.45) is 7.05 Å². The Bertz CT molecular complexity index is 304. The molecule has 0 radical (unpaired) electrons. The van der Waals surface area contributed by atoms with Crippen molar-refractivity contribution in [3.63, 3.8) is 0 Å². The zero-order valence-electron chi connectivity index (χ0n) is 5.96. The van der Waals surface area contributed by atoms with Gasteiger partial charge in [-0.05, 0) is 12.2 Å². The normalized spacial score (nSPS) is 15.2. The summed E-state index contributed by atoms with van der Waals surface area (Å²) in [5, 5.41) is 14.2. The van der Waals surface area contributed by atoms with Crippen molar-refractivity contribution >= 4 is 23.1 Å². The molecule has 1 aromatic rings. The van der Waals surface area contributed by atoms with Gasteiger partial charge in [-0.25, -0.2) is 4.68 Å². The molecule has 0 amide bonds. The number of aromatic nitrogens is 3. The Balaban J connectivity index is 2.44. The summed E-state index contributed by atoms with van der Waals surface area (Å²) < 4.78 is 1.72. The van der Waals surface area contributed by atoms with Crippen LogP contribution in [0.25, 0.3) is 0 Å². The van der Waals surface area contributed by atoms with Crippen LogP contribution in [0.5, 0.6) is 0 Å². The standard InChI is InChI=1S/C5H7N5S/c1-10-3-2-6-5(11)7-4(3)8-9-10/h2H2,1H3,(H2,6,7,11). The number of hydrogen-bond donors (Lipinski definition) is 2. The summed E-state index contributed by atoms with van der Waals surface area (Å²) in [6.45, 7) is 0.699. The van der Waals surface area contributed by atoms with Gasteiger partial charge in [-0.2, -0.15) is 0 Å². The molecule has 2 N–H and O–H groups in total. The summed E-state index contributed by atoms with van der Waals surface area (Å²) in [6.07, 6.45) is 0. The molecule has 0 saturated carbocycles. The second-order valence-corrected chi connectivity index (χ2v) is 2.72. The highest BCUT2D eigenvalue weighted by atomic mass is 32.1. The largest absolute Gasteiger partial charge is 0.357 e. The van der Waals surface area contributed by atoms with Gasteiger partial charge < -0.3 is 10.6 Å². The minimum absolute atomic E-state index is 0.609. The summed E-state index contributed by atoms with van der Waals surface area (Å²) >= 11 is 4.89. The van der Waals surface area contributed by atoms with E-state index in [1.54, 1.807) is 4.68 Å². The van der Waals surface area contributed by atoms with Crippen LogP contribution < -0.4 is 10.6 Å². The Morgan fingerprint density at radius 2 is 2.45 bits per heavy atom. The van der Waals surface area contributed by atoms with Gasteiger partial charge in [0.25, 0.3) is 0 Å². The number of aryl methyl sites for hydroxylation is 1. The first-order valence-electron chi connectivity index (χ1n) is 3.21. The van der Waals surface area contributed by atoms with Crippen LogP contribution in [-0.2, 0) is 13.6 Å². The van der Waals surface area contributed by atoms with Crippen molar-refractivity contribution in [1.82, 2.24) is 20.3 Å². The predicted molar refractivity (Wildman–Crippen MR) is 44.1 cm³/mol. The van der Waals surface area contributed by atoms with E-state index in [0.717, 1.165) is 11.5 Å². The van der Waals surface area contributed by atoms with Crippen LogP contribution in [0.15, 0.2) is 0 Å². The molecule has 58 valence electrons. The molecule has 0 aromatic carbocycles. The molecule has 0 bridgehead atoms. The van der Waals surface area contributed by atoms with Crippen LogP contribution in [0.3, 0.4) is 0 Å². The third-order valence-corrected chi connectivity index (χ3v) is 1.84. The SMILES string of the molecule is Cn1nnc2c1CNC(=S)N2. The van der Waals surface area contributed by atoms with Crippen LogP contribution >= 0.6 is 12.2 Å². The fourth-order valence-electron chi connectivity index (χ4n) is 0.988. The van der Waals surface area contributed by atoms with Gasteiger partial charge in [-0.15, -0.1) is 5.10 Å². The molecule has 2 heterocycles. The van der Waals surface area contributed by atoms with Crippen LogP contribution in [0, 0.1) is 0 Å². The van der Waals surface area contributed by atoms with Crippen molar-refractivity contribution in [1.29, 1.82) is 0 Å². The summed E-state index contributed by atoms with van der Waals surface area (Å²) in [5.41, 5.74) is 1.03. The number of nitrogens with one attached hydrogen (secondary N) is 2. The lowest BCUT2D eigenvalue weighted by atomic mass is 10.4. The topological polar surface area (TPSA) is 54.8 Å². The van der Waals surface area contributed by atoms with Crippen LogP contribution in [0.2, 0.25) is 0 Å².